The van der Waals surface area contributed by atoms with Crippen LogP contribution in [0.2, 0.25) is 0 Å². The van der Waals surface area contributed by atoms with E-state index in [0.29, 0.717) is 17.2 Å². The van der Waals surface area contributed by atoms with E-state index in [0.717, 1.165) is 0 Å². The third-order valence-electron chi connectivity index (χ3n) is 2.89. The topological polar surface area (TPSA) is 120 Å². The molecule has 0 saturated carbocycles. The van der Waals surface area contributed by atoms with Crippen molar-refractivity contribution in [3.63, 3.8) is 0 Å². The largest absolute Gasteiger partial charge is 0.457 e. The number of anilines is 1. The Balaban J connectivity index is 1.92. The van der Waals surface area contributed by atoms with Crippen LogP contribution in [0, 0.1) is 10.1 Å². The number of nitrogens with zero attached hydrogens (tertiary/aromatic N) is 1. The van der Waals surface area contributed by atoms with Crippen molar-refractivity contribution in [2.75, 3.05) is 11.9 Å². The second-order valence-corrected chi connectivity index (χ2v) is 4.68. The molecule has 0 aliphatic rings. The molecule has 0 aliphatic carbocycles. The first kappa shape index (κ1) is 17.7. The summed E-state index contributed by atoms with van der Waals surface area (Å²) in [5.74, 6) is 0.913. The lowest BCUT2D eigenvalue weighted by Crippen LogP contribution is -2.34. The standard InChI is InChI=1S/C16H15N3O6/c1-2-24-16(21)18-15(20)17-11-3-7-13(8-4-11)25-14-9-5-12(6-10-14)19(22)23/h3-10H,2H2,1H3,(H2,17,18,20,21). The number of carbonyl (C=O) groups is 2. The highest BCUT2D eigenvalue weighted by molar-refractivity contribution is 5.98. The number of hydrogen-bond donors (Lipinski definition) is 2. The number of non-ortho nitro benzene ring substituents is 1. The Kier molecular flexibility index (Phi) is 5.88. The molecule has 0 spiro atoms. The van der Waals surface area contributed by atoms with Gasteiger partial charge in [0.25, 0.3) is 5.69 Å². The lowest BCUT2D eigenvalue weighted by molar-refractivity contribution is -0.384. The normalized spacial score (nSPS) is 9.80. The van der Waals surface area contributed by atoms with E-state index in [2.05, 4.69) is 10.1 Å². The minimum absolute atomic E-state index is 0.0282. The van der Waals surface area contributed by atoms with E-state index in [1.807, 2.05) is 5.32 Å². The molecular formula is C16H15N3O6. The number of ether oxygens (including phenoxy) is 2. The van der Waals surface area contributed by atoms with Crippen molar-refractivity contribution in [3.05, 3.63) is 58.6 Å². The van der Waals surface area contributed by atoms with Crippen LogP contribution in [0.5, 0.6) is 11.5 Å². The van der Waals surface area contributed by atoms with Gasteiger partial charge < -0.3 is 14.8 Å². The van der Waals surface area contributed by atoms with Gasteiger partial charge in [0.1, 0.15) is 11.5 Å². The number of amides is 3. The highest BCUT2D eigenvalue weighted by Gasteiger charge is 2.08. The summed E-state index contributed by atoms with van der Waals surface area (Å²) in [5, 5.41) is 15.1. The molecule has 0 radical (unpaired) electrons. The van der Waals surface area contributed by atoms with Gasteiger partial charge in [0, 0.05) is 17.8 Å². The van der Waals surface area contributed by atoms with Crippen LogP contribution in [0.15, 0.2) is 48.5 Å². The van der Waals surface area contributed by atoms with E-state index < -0.39 is 17.0 Å². The van der Waals surface area contributed by atoms with Gasteiger partial charge in [0.2, 0.25) is 0 Å². The van der Waals surface area contributed by atoms with Gasteiger partial charge in [-0.2, -0.15) is 0 Å². The van der Waals surface area contributed by atoms with Crippen molar-refractivity contribution >= 4 is 23.5 Å². The van der Waals surface area contributed by atoms with E-state index >= 15 is 0 Å². The van der Waals surface area contributed by atoms with Crippen molar-refractivity contribution in [3.8, 4) is 11.5 Å². The maximum atomic E-state index is 11.6. The minimum atomic E-state index is -0.835. The average molecular weight is 345 g/mol. The number of nitro benzene ring substituents is 1. The predicted molar refractivity (Wildman–Crippen MR) is 88.8 cm³/mol. The third kappa shape index (κ3) is 5.50. The summed E-state index contributed by atoms with van der Waals surface area (Å²) in [5.41, 5.74) is 0.414. The summed E-state index contributed by atoms with van der Waals surface area (Å²) in [6.45, 7) is 1.79. The van der Waals surface area contributed by atoms with Crippen LogP contribution in [-0.2, 0) is 4.74 Å². The van der Waals surface area contributed by atoms with Gasteiger partial charge in [-0.25, -0.2) is 14.9 Å². The van der Waals surface area contributed by atoms with E-state index in [-0.39, 0.29) is 12.3 Å². The molecule has 0 aliphatic heterocycles. The molecule has 25 heavy (non-hydrogen) atoms. The van der Waals surface area contributed by atoms with Crippen molar-refractivity contribution in [1.29, 1.82) is 0 Å². The lowest BCUT2D eigenvalue weighted by atomic mass is 10.3. The quantitative estimate of drug-likeness (QED) is 0.630. The number of benzene rings is 2. The molecule has 2 aromatic carbocycles. The maximum absolute atomic E-state index is 11.6. The Morgan fingerprint density at radius 1 is 1.04 bits per heavy atom. The van der Waals surface area contributed by atoms with Crippen LogP contribution in [0.25, 0.3) is 0 Å². The van der Waals surface area contributed by atoms with Gasteiger partial charge in [0.05, 0.1) is 11.5 Å². The van der Waals surface area contributed by atoms with Crippen LogP contribution in [0.1, 0.15) is 6.92 Å². The Morgan fingerprint density at radius 2 is 1.60 bits per heavy atom. The number of nitrogens with one attached hydrogen (secondary N) is 2. The molecule has 9 nitrogen and oxygen atoms in total. The highest BCUT2D eigenvalue weighted by atomic mass is 16.6. The molecular weight excluding hydrogens is 330 g/mol. The molecule has 0 heterocycles. The zero-order chi connectivity index (χ0) is 18.2. The van der Waals surface area contributed by atoms with Crippen LogP contribution in [-0.4, -0.2) is 23.7 Å². The summed E-state index contributed by atoms with van der Waals surface area (Å²) < 4.78 is 10.1. The molecule has 9 heteroatoms. The first-order valence-electron chi connectivity index (χ1n) is 7.25. The van der Waals surface area contributed by atoms with E-state index in [9.17, 15) is 19.7 Å². The fourth-order valence-corrected chi connectivity index (χ4v) is 1.80. The van der Waals surface area contributed by atoms with E-state index in [1.165, 1.54) is 24.3 Å². The molecule has 0 fully saturated rings. The summed E-state index contributed by atoms with van der Waals surface area (Å²) >= 11 is 0. The zero-order valence-electron chi connectivity index (χ0n) is 13.2. The Morgan fingerprint density at radius 3 is 2.12 bits per heavy atom. The first-order valence-corrected chi connectivity index (χ1v) is 7.25. The number of imide groups is 1. The Hall–Kier alpha value is -3.62. The number of urea groups is 1. The molecule has 3 amide bonds. The molecule has 2 N–H and O–H groups in total. The van der Waals surface area contributed by atoms with Crippen LogP contribution in [0.4, 0.5) is 21.0 Å². The monoisotopic (exact) mass is 345 g/mol. The fourth-order valence-electron chi connectivity index (χ4n) is 1.80. The Labute approximate surface area is 142 Å². The predicted octanol–water partition coefficient (Wildman–Crippen LogP) is 3.67. The van der Waals surface area contributed by atoms with Crippen LogP contribution < -0.4 is 15.4 Å². The summed E-state index contributed by atoms with van der Waals surface area (Å²) in [6.07, 6.45) is -0.835. The number of carbonyl (C=O) groups excluding carboxylic acids is 2. The van der Waals surface area contributed by atoms with Gasteiger partial charge in [-0.3, -0.25) is 10.1 Å². The van der Waals surface area contributed by atoms with E-state index in [4.69, 9.17) is 4.74 Å². The van der Waals surface area contributed by atoms with Gasteiger partial charge >= 0.3 is 12.1 Å². The van der Waals surface area contributed by atoms with Gasteiger partial charge in [-0.05, 0) is 43.3 Å². The third-order valence-corrected chi connectivity index (χ3v) is 2.89. The minimum Gasteiger partial charge on any atom is -0.457 e. The van der Waals surface area contributed by atoms with Gasteiger partial charge in [-0.1, -0.05) is 0 Å². The average Bonchev–Trinajstić information content (AvgIpc) is 2.57. The molecule has 2 aromatic rings. The van der Waals surface area contributed by atoms with Crippen molar-refractivity contribution < 1.29 is 24.0 Å². The number of nitro groups is 1. The van der Waals surface area contributed by atoms with Crippen LogP contribution >= 0.6 is 0 Å². The molecule has 130 valence electrons. The first-order chi connectivity index (χ1) is 12.0. The second-order valence-electron chi connectivity index (χ2n) is 4.68. The van der Waals surface area contributed by atoms with Crippen molar-refractivity contribution in [1.82, 2.24) is 5.32 Å². The second kappa shape index (κ2) is 8.29. The molecule has 0 bridgehead atoms. The summed E-state index contributed by atoms with van der Waals surface area (Å²) in [6, 6.07) is 11.3. The summed E-state index contributed by atoms with van der Waals surface area (Å²) in [7, 11) is 0. The lowest BCUT2D eigenvalue weighted by Gasteiger charge is -2.08. The van der Waals surface area contributed by atoms with Crippen LogP contribution in [0.3, 0.4) is 0 Å². The maximum Gasteiger partial charge on any atom is 0.415 e. The SMILES string of the molecule is CCOC(=O)NC(=O)Nc1ccc(Oc2ccc([N+](=O)[O-])cc2)cc1. The van der Waals surface area contributed by atoms with Gasteiger partial charge in [-0.15, -0.1) is 0 Å². The number of rotatable bonds is 5. The Bertz CT molecular complexity index is 758. The van der Waals surface area contributed by atoms with E-state index in [1.54, 1.807) is 31.2 Å². The number of alkyl carbamates (subject to hydrolysis) is 1. The van der Waals surface area contributed by atoms with Crippen molar-refractivity contribution in [2.45, 2.75) is 6.92 Å². The van der Waals surface area contributed by atoms with Crippen molar-refractivity contribution in [2.24, 2.45) is 0 Å². The highest BCUT2D eigenvalue weighted by Crippen LogP contribution is 2.24. The number of hydrogen-bond acceptors (Lipinski definition) is 6. The summed E-state index contributed by atoms with van der Waals surface area (Å²) in [4.78, 5) is 32.8. The molecule has 0 atom stereocenters. The molecule has 0 unspecified atom stereocenters. The van der Waals surface area contributed by atoms with Gasteiger partial charge in [0.15, 0.2) is 0 Å². The zero-order valence-corrected chi connectivity index (χ0v) is 13.2. The molecule has 0 aromatic heterocycles. The fraction of sp³-hybridized carbons (Fsp3) is 0.125. The molecule has 0 saturated heterocycles. The smallest absolute Gasteiger partial charge is 0.415 e. The molecule has 2 rings (SSSR count).